The summed E-state index contributed by atoms with van der Waals surface area (Å²) < 4.78 is 1.59. The van der Waals surface area contributed by atoms with Crippen LogP contribution in [0.3, 0.4) is 0 Å². The van der Waals surface area contributed by atoms with Gasteiger partial charge in [-0.1, -0.05) is 67.4 Å². The zero-order chi connectivity index (χ0) is 26.5. The summed E-state index contributed by atoms with van der Waals surface area (Å²) in [5.41, 5.74) is 0.795. The molecule has 2 fully saturated rings. The smallest absolute Gasteiger partial charge is 0.266 e. The van der Waals surface area contributed by atoms with Gasteiger partial charge in [0.2, 0.25) is 11.8 Å². The van der Waals surface area contributed by atoms with E-state index in [0.717, 1.165) is 5.56 Å². The molecular formula is C29H22Cl2N4O3. The van der Waals surface area contributed by atoms with Crippen molar-refractivity contribution in [3.63, 3.8) is 0 Å². The van der Waals surface area contributed by atoms with Crippen LogP contribution in [0.15, 0.2) is 71.5 Å². The Bertz CT molecular complexity index is 1770. The van der Waals surface area contributed by atoms with E-state index in [4.69, 9.17) is 28.2 Å². The summed E-state index contributed by atoms with van der Waals surface area (Å²) in [6.45, 7) is 4.03. The maximum absolute atomic E-state index is 14.4. The van der Waals surface area contributed by atoms with Crippen LogP contribution >= 0.6 is 23.2 Å². The number of carbonyl (C=O) groups is 2. The summed E-state index contributed by atoms with van der Waals surface area (Å²) in [6.07, 6.45) is 0. The number of para-hydroxylation sites is 2. The lowest BCUT2D eigenvalue weighted by Gasteiger charge is -2.32. The van der Waals surface area contributed by atoms with Gasteiger partial charge in [-0.15, -0.1) is 0 Å². The highest BCUT2D eigenvalue weighted by Crippen LogP contribution is 2.56. The van der Waals surface area contributed by atoms with Crippen molar-refractivity contribution in [3.05, 3.63) is 98.5 Å². The molecule has 4 aromatic rings. The third kappa shape index (κ3) is 2.84. The van der Waals surface area contributed by atoms with Crippen LogP contribution in [0, 0.1) is 17.8 Å². The quantitative estimate of drug-likeness (QED) is 0.370. The van der Waals surface area contributed by atoms with Crippen molar-refractivity contribution in [2.24, 2.45) is 17.8 Å². The lowest BCUT2D eigenvalue weighted by atomic mass is 9.75. The summed E-state index contributed by atoms with van der Waals surface area (Å²) in [4.78, 5) is 48.5. The van der Waals surface area contributed by atoms with Gasteiger partial charge >= 0.3 is 0 Å². The minimum absolute atomic E-state index is 0.00167. The molecule has 1 spiro atoms. The van der Waals surface area contributed by atoms with Gasteiger partial charge in [0, 0.05) is 16.6 Å². The Morgan fingerprint density at radius 1 is 0.921 bits per heavy atom. The molecule has 0 saturated carbocycles. The van der Waals surface area contributed by atoms with E-state index in [0.29, 0.717) is 27.4 Å². The summed E-state index contributed by atoms with van der Waals surface area (Å²) in [5, 5.41) is 4.79. The van der Waals surface area contributed by atoms with Gasteiger partial charge in [-0.25, -0.2) is 9.88 Å². The predicted molar refractivity (Wildman–Crippen MR) is 146 cm³/mol. The van der Waals surface area contributed by atoms with Gasteiger partial charge < -0.3 is 0 Å². The Hall–Kier alpha value is -3.52. The molecule has 4 heterocycles. The average molecular weight is 545 g/mol. The molecule has 3 aromatic carbocycles. The fourth-order valence-electron chi connectivity index (χ4n) is 6.62. The summed E-state index contributed by atoms with van der Waals surface area (Å²) in [7, 11) is 0. The maximum atomic E-state index is 14.4. The molecule has 3 aliphatic heterocycles. The van der Waals surface area contributed by atoms with Crippen molar-refractivity contribution < 1.29 is 9.59 Å². The summed E-state index contributed by atoms with van der Waals surface area (Å²) in [6, 6.07) is 19.1. The first-order valence-corrected chi connectivity index (χ1v) is 13.2. The van der Waals surface area contributed by atoms with Gasteiger partial charge in [0.15, 0.2) is 0 Å². The first-order chi connectivity index (χ1) is 18.3. The highest BCUT2D eigenvalue weighted by molar-refractivity contribution is 6.38. The maximum Gasteiger partial charge on any atom is 0.266 e. The molecule has 3 aliphatic rings. The van der Waals surface area contributed by atoms with E-state index >= 15 is 0 Å². The number of benzene rings is 3. The molecule has 4 unspecified atom stereocenters. The number of nitrogens with one attached hydrogen (secondary N) is 1. The average Bonchev–Trinajstić information content (AvgIpc) is 3.50. The number of rotatable bonds is 2. The number of anilines is 1. The number of carbonyl (C=O) groups excluding carboxylic acids is 2. The molecule has 7 nitrogen and oxygen atoms in total. The molecule has 1 N–H and O–H groups in total. The SMILES string of the molecule is CC(C)C1NC2(c3ccccc3-n3c2nc2ccccc2c3=O)C2C(=O)N(c3cc(Cl)ccc3Cl)C(=O)C12. The van der Waals surface area contributed by atoms with Crippen LogP contribution in [0.1, 0.15) is 25.2 Å². The standard InChI is InChI=1S/C29H22Cl2N4O3/c1-14(2)24-22-23(27(38)34(26(22)37)21-13-15(30)11-12-18(21)31)29(33-24)17-8-4-6-10-20(17)35-25(36)16-7-3-5-9-19(16)32-28(29)35/h3-14,22-24,33H,1-2H3. The van der Waals surface area contributed by atoms with Crippen molar-refractivity contribution in [1.82, 2.24) is 14.9 Å². The van der Waals surface area contributed by atoms with Crippen molar-refractivity contribution >= 4 is 51.6 Å². The monoisotopic (exact) mass is 544 g/mol. The fraction of sp³-hybridized carbons (Fsp3) is 0.241. The van der Waals surface area contributed by atoms with Crippen molar-refractivity contribution in [2.75, 3.05) is 4.90 Å². The molecule has 1 aromatic heterocycles. The van der Waals surface area contributed by atoms with E-state index in [9.17, 15) is 14.4 Å². The number of hydrogen-bond donors (Lipinski definition) is 1. The second-order valence-electron chi connectivity index (χ2n) is 10.4. The number of aromatic nitrogens is 2. The van der Waals surface area contributed by atoms with Crippen molar-refractivity contribution in [3.8, 4) is 5.69 Å². The number of hydrogen-bond acceptors (Lipinski definition) is 5. The van der Waals surface area contributed by atoms with Crippen LogP contribution in [0.5, 0.6) is 0 Å². The molecule has 2 saturated heterocycles. The normalized spacial score (nSPS) is 25.5. The molecular weight excluding hydrogens is 523 g/mol. The van der Waals surface area contributed by atoms with Gasteiger partial charge in [-0.05, 0) is 42.3 Å². The number of fused-ring (bicyclic) bond motifs is 8. The largest absolute Gasteiger partial charge is 0.296 e. The summed E-state index contributed by atoms with van der Waals surface area (Å²) >= 11 is 12.7. The highest BCUT2D eigenvalue weighted by atomic mass is 35.5. The van der Waals surface area contributed by atoms with E-state index in [1.54, 1.807) is 34.9 Å². The molecule has 0 bridgehead atoms. The highest BCUT2D eigenvalue weighted by Gasteiger charge is 2.70. The van der Waals surface area contributed by atoms with Crippen LogP contribution in [0.2, 0.25) is 10.0 Å². The predicted octanol–water partition coefficient (Wildman–Crippen LogP) is 4.68. The molecule has 38 heavy (non-hydrogen) atoms. The third-order valence-corrected chi connectivity index (χ3v) is 8.72. The number of imide groups is 1. The van der Waals surface area contributed by atoms with Crippen LogP contribution in [-0.4, -0.2) is 27.4 Å². The number of amides is 2. The van der Waals surface area contributed by atoms with Gasteiger partial charge in [-0.2, -0.15) is 0 Å². The Morgan fingerprint density at radius 3 is 2.45 bits per heavy atom. The van der Waals surface area contributed by atoms with Crippen LogP contribution < -0.4 is 15.8 Å². The molecule has 0 aliphatic carbocycles. The van der Waals surface area contributed by atoms with Gasteiger partial charge in [0.25, 0.3) is 5.56 Å². The minimum atomic E-state index is -1.19. The van der Waals surface area contributed by atoms with Gasteiger partial charge in [0.05, 0.1) is 39.1 Å². The Labute approximate surface area is 228 Å². The van der Waals surface area contributed by atoms with Crippen LogP contribution in [-0.2, 0) is 15.1 Å². The van der Waals surface area contributed by atoms with E-state index in [1.165, 1.54) is 11.0 Å². The first kappa shape index (κ1) is 23.6. The molecule has 9 heteroatoms. The molecule has 7 rings (SSSR count). The topological polar surface area (TPSA) is 84.3 Å². The Kier molecular flexibility index (Phi) is 4.96. The van der Waals surface area contributed by atoms with Crippen molar-refractivity contribution in [1.29, 1.82) is 0 Å². The third-order valence-electron chi connectivity index (χ3n) is 8.16. The van der Waals surface area contributed by atoms with Crippen LogP contribution in [0.25, 0.3) is 16.6 Å². The fourth-order valence-corrected chi connectivity index (χ4v) is 6.99. The lowest BCUT2D eigenvalue weighted by molar-refractivity contribution is -0.123. The van der Waals surface area contributed by atoms with E-state index < -0.39 is 23.3 Å². The van der Waals surface area contributed by atoms with Gasteiger partial charge in [0.1, 0.15) is 11.4 Å². The van der Waals surface area contributed by atoms with Crippen LogP contribution in [0.4, 0.5) is 5.69 Å². The second kappa shape index (κ2) is 7.99. The zero-order valence-corrected chi connectivity index (χ0v) is 22.0. The summed E-state index contributed by atoms with van der Waals surface area (Å²) in [5.74, 6) is -1.86. The number of nitrogens with zero attached hydrogens (tertiary/aromatic N) is 3. The minimum Gasteiger partial charge on any atom is -0.296 e. The molecule has 190 valence electrons. The van der Waals surface area contributed by atoms with Gasteiger partial charge in [-0.3, -0.25) is 24.3 Å². The Balaban J connectivity index is 1.54. The lowest BCUT2D eigenvalue weighted by Crippen LogP contribution is -2.51. The first-order valence-electron chi connectivity index (χ1n) is 12.5. The molecule has 0 radical (unpaired) electrons. The van der Waals surface area contributed by atoms with E-state index in [1.807, 2.05) is 44.2 Å². The molecule has 2 amide bonds. The van der Waals surface area contributed by atoms with Crippen molar-refractivity contribution in [2.45, 2.75) is 25.4 Å². The Morgan fingerprint density at radius 2 is 1.66 bits per heavy atom. The number of halogens is 2. The zero-order valence-electron chi connectivity index (χ0n) is 20.5. The van der Waals surface area contributed by atoms with E-state index in [2.05, 4.69) is 5.32 Å². The second-order valence-corrected chi connectivity index (χ2v) is 11.3. The molecule has 4 atom stereocenters. The van der Waals surface area contributed by atoms with E-state index in [-0.39, 0.29) is 34.1 Å².